The highest BCUT2D eigenvalue weighted by atomic mass is 35.5. The third kappa shape index (κ3) is 4.89. The van der Waals surface area contributed by atoms with Gasteiger partial charge in [0.1, 0.15) is 5.57 Å². The van der Waals surface area contributed by atoms with Crippen molar-refractivity contribution in [1.82, 2.24) is 5.32 Å². The van der Waals surface area contributed by atoms with Gasteiger partial charge in [0, 0.05) is 0 Å². The normalized spacial score (nSPS) is 16.4. The number of carbonyl (C=O) groups is 2. The molecule has 0 spiro atoms. The molecule has 1 atom stereocenters. The lowest BCUT2D eigenvalue weighted by Crippen LogP contribution is -2.54. The Labute approximate surface area is 191 Å². The minimum atomic E-state index is -0.575. The molecule has 1 heterocycles. The van der Waals surface area contributed by atoms with E-state index >= 15 is 0 Å². The van der Waals surface area contributed by atoms with Crippen molar-refractivity contribution >= 4 is 52.5 Å². The summed E-state index contributed by atoms with van der Waals surface area (Å²) >= 11 is 11.7. The van der Waals surface area contributed by atoms with E-state index in [9.17, 15) is 9.59 Å². The summed E-state index contributed by atoms with van der Waals surface area (Å²) < 4.78 is 11.3. The van der Waals surface area contributed by atoms with Crippen LogP contribution in [0.1, 0.15) is 31.4 Å². The second-order valence-corrected chi connectivity index (χ2v) is 7.96. The second kappa shape index (κ2) is 9.49. The quantitative estimate of drug-likeness (QED) is 0.387. The lowest BCUT2D eigenvalue weighted by Gasteiger charge is -2.29. The Bertz CT molecular complexity index is 1080. The molecule has 3 rings (SSSR count). The van der Waals surface area contributed by atoms with Gasteiger partial charge in [-0.25, -0.2) is 0 Å². The molecule has 1 fully saturated rings. The number of amides is 2. The van der Waals surface area contributed by atoms with Crippen molar-refractivity contribution < 1.29 is 19.1 Å². The van der Waals surface area contributed by atoms with Crippen LogP contribution in [0.5, 0.6) is 11.5 Å². The summed E-state index contributed by atoms with van der Waals surface area (Å²) in [5.41, 5.74) is 2.00. The second-order valence-electron chi connectivity index (χ2n) is 7.17. The lowest BCUT2D eigenvalue weighted by atomic mass is 10.1. The van der Waals surface area contributed by atoms with Gasteiger partial charge in [-0.2, -0.15) is 0 Å². The molecule has 0 bridgehead atoms. The van der Waals surface area contributed by atoms with E-state index in [0.717, 1.165) is 12.0 Å². The molecule has 1 saturated heterocycles. The van der Waals surface area contributed by atoms with Crippen LogP contribution in [0.3, 0.4) is 0 Å². The predicted octanol–water partition coefficient (Wildman–Crippen LogP) is 4.67. The fraction of sp³-hybridized carbons (Fsp3) is 0.261. The first-order chi connectivity index (χ1) is 14.7. The number of benzene rings is 2. The summed E-state index contributed by atoms with van der Waals surface area (Å²) in [6.07, 6.45) is 2.21. The number of hydrogen-bond acceptors (Lipinski definition) is 5. The summed E-state index contributed by atoms with van der Waals surface area (Å²) in [4.78, 5) is 27.0. The van der Waals surface area contributed by atoms with Gasteiger partial charge in [-0.1, -0.05) is 30.7 Å². The van der Waals surface area contributed by atoms with Crippen molar-refractivity contribution in [3.8, 4) is 11.5 Å². The van der Waals surface area contributed by atoms with Crippen LogP contribution in [0, 0.1) is 6.92 Å². The van der Waals surface area contributed by atoms with E-state index in [4.69, 9.17) is 33.3 Å². The Kier molecular flexibility index (Phi) is 6.97. The summed E-state index contributed by atoms with van der Waals surface area (Å²) in [5, 5.41) is 2.93. The van der Waals surface area contributed by atoms with Crippen molar-refractivity contribution in [2.24, 2.45) is 0 Å². The Morgan fingerprint density at radius 2 is 2.00 bits per heavy atom. The van der Waals surface area contributed by atoms with Crippen molar-refractivity contribution in [2.75, 3.05) is 12.0 Å². The molecule has 0 unspecified atom stereocenters. The number of nitrogens with one attached hydrogen (secondary N) is 1. The lowest BCUT2D eigenvalue weighted by molar-refractivity contribution is -0.122. The smallest absolute Gasteiger partial charge is 0.270 e. The van der Waals surface area contributed by atoms with Crippen LogP contribution in [-0.2, 0) is 9.59 Å². The molecule has 31 heavy (non-hydrogen) atoms. The first-order valence-electron chi connectivity index (χ1n) is 9.77. The van der Waals surface area contributed by atoms with Crippen LogP contribution in [0.4, 0.5) is 5.69 Å². The number of aryl methyl sites for hydroxylation is 1. The summed E-state index contributed by atoms with van der Waals surface area (Å²) in [6, 6.07) is 10.6. The van der Waals surface area contributed by atoms with E-state index in [0.29, 0.717) is 27.8 Å². The number of thiocarbonyl (C=S) groups is 1. The minimum Gasteiger partial charge on any atom is -0.493 e. The Morgan fingerprint density at radius 1 is 1.26 bits per heavy atom. The van der Waals surface area contributed by atoms with Gasteiger partial charge in [-0.3, -0.25) is 19.8 Å². The van der Waals surface area contributed by atoms with Crippen molar-refractivity contribution in [1.29, 1.82) is 0 Å². The molecule has 0 radical (unpaired) electrons. The van der Waals surface area contributed by atoms with Gasteiger partial charge >= 0.3 is 0 Å². The number of rotatable bonds is 6. The van der Waals surface area contributed by atoms with E-state index in [1.165, 1.54) is 18.1 Å². The van der Waals surface area contributed by atoms with E-state index in [-0.39, 0.29) is 16.8 Å². The molecule has 2 aromatic carbocycles. The molecule has 6 nitrogen and oxygen atoms in total. The Hall–Kier alpha value is -2.90. The van der Waals surface area contributed by atoms with Crippen molar-refractivity contribution in [3.05, 3.63) is 58.1 Å². The van der Waals surface area contributed by atoms with Crippen LogP contribution < -0.4 is 19.7 Å². The maximum absolute atomic E-state index is 13.2. The number of nitrogens with zero attached hydrogens (tertiary/aromatic N) is 1. The number of hydrogen-bond donors (Lipinski definition) is 1. The predicted molar refractivity (Wildman–Crippen MR) is 126 cm³/mol. The van der Waals surface area contributed by atoms with Crippen LogP contribution in [0.15, 0.2) is 42.0 Å². The molecule has 0 aromatic heterocycles. The molecule has 8 heteroatoms. The van der Waals surface area contributed by atoms with Crippen LogP contribution in [-0.4, -0.2) is 30.1 Å². The molecule has 2 aromatic rings. The molecule has 2 amide bonds. The molecule has 1 aliphatic rings. The fourth-order valence-electron chi connectivity index (χ4n) is 3.05. The van der Waals surface area contributed by atoms with Gasteiger partial charge in [0.25, 0.3) is 11.8 Å². The van der Waals surface area contributed by atoms with E-state index < -0.39 is 11.8 Å². The largest absolute Gasteiger partial charge is 0.493 e. The van der Waals surface area contributed by atoms with Gasteiger partial charge in [0.15, 0.2) is 16.6 Å². The van der Waals surface area contributed by atoms with Crippen molar-refractivity contribution in [3.63, 3.8) is 0 Å². The zero-order valence-electron chi connectivity index (χ0n) is 17.7. The highest BCUT2D eigenvalue weighted by molar-refractivity contribution is 7.80. The topological polar surface area (TPSA) is 67.9 Å². The first-order valence-corrected chi connectivity index (χ1v) is 10.6. The minimum absolute atomic E-state index is 0.0330. The van der Waals surface area contributed by atoms with Crippen LogP contribution in [0.2, 0.25) is 5.02 Å². The fourth-order valence-corrected chi connectivity index (χ4v) is 3.59. The van der Waals surface area contributed by atoms with Crippen molar-refractivity contribution in [2.45, 2.75) is 33.3 Å². The first kappa shape index (κ1) is 22.8. The number of carbonyl (C=O) groups excluding carboxylic acids is 2. The monoisotopic (exact) mass is 458 g/mol. The standard InChI is InChI=1S/C23H23ClN2O4S/c1-5-14(3)30-20-18(24)11-15(12-19(20)29-4)10-17-21(27)25-23(31)26(22(17)28)16-8-6-7-13(2)9-16/h6-12,14H,5H2,1-4H3,(H,25,27,31)/b17-10+/t14-/m1/s1. The number of ether oxygens (including phenoxy) is 2. The maximum atomic E-state index is 13.2. The van der Waals surface area contributed by atoms with Gasteiger partial charge in [0.05, 0.1) is 23.9 Å². The molecule has 1 aliphatic heterocycles. The maximum Gasteiger partial charge on any atom is 0.270 e. The van der Waals surface area contributed by atoms with Gasteiger partial charge < -0.3 is 9.47 Å². The Morgan fingerprint density at radius 3 is 2.65 bits per heavy atom. The molecule has 162 valence electrons. The number of methoxy groups -OCH3 is 1. The van der Waals surface area contributed by atoms with Gasteiger partial charge in [0.2, 0.25) is 0 Å². The third-order valence-corrected chi connectivity index (χ3v) is 5.38. The van der Waals surface area contributed by atoms with E-state index in [1.807, 2.05) is 39.0 Å². The molecule has 0 aliphatic carbocycles. The summed E-state index contributed by atoms with van der Waals surface area (Å²) in [6.45, 7) is 5.84. The summed E-state index contributed by atoms with van der Waals surface area (Å²) in [5.74, 6) is -0.264. The zero-order valence-corrected chi connectivity index (χ0v) is 19.3. The summed E-state index contributed by atoms with van der Waals surface area (Å²) in [7, 11) is 1.50. The van der Waals surface area contributed by atoms with E-state index in [1.54, 1.807) is 18.2 Å². The molecular formula is C23H23ClN2O4S. The van der Waals surface area contributed by atoms with Crippen LogP contribution >= 0.6 is 23.8 Å². The SMILES string of the molecule is CC[C@@H](C)Oc1c(Cl)cc(/C=C2\C(=O)NC(=S)N(c3cccc(C)c3)C2=O)cc1OC. The van der Waals surface area contributed by atoms with Crippen LogP contribution in [0.25, 0.3) is 6.08 Å². The van der Waals surface area contributed by atoms with E-state index in [2.05, 4.69) is 5.32 Å². The molecule has 1 N–H and O–H groups in total. The zero-order chi connectivity index (χ0) is 22.7. The third-order valence-electron chi connectivity index (χ3n) is 4.82. The molecule has 0 saturated carbocycles. The average molecular weight is 459 g/mol. The highest BCUT2D eigenvalue weighted by Gasteiger charge is 2.34. The van der Waals surface area contributed by atoms with Gasteiger partial charge in [-0.15, -0.1) is 0 Å². The highest BCUT2D eigenvalue weighted by Crippen LogP contribution is 2.38. The number of halogens is 1. The average Bonchev–Trinajstić information content (AvgIpc) is 2.72. The van der Waals surface area contributed by atoms with Gasteiger partial charge in [-0.05, 0) is 74.0 Å². The molecular weight excluding hydrogens is 436 g/mol. The number of anilines is 1. The Balaban J connectivity index is 2.01.